The molecule has 3 heterocycles. The van der Waals surface area contributed by atoms with E-state index in [1.165, 1.54) is 44.9 Å². The third-order valence-corrected chi connectivity index (χ3v) is 8.16. The standard InChI is InChI=1S/C21H11NSSe/c1-2-5-13-11-18-14(10-12(13)4-1)21-20-16(8-9-22-21)23-15-6-3-7-17(24-18)19(15)20/h1-11H. The van der Waals surface area contributed by atoms with Gasteiger partial charge in [-0.3, -0.25) is 0 Å². The fraction of sp³-hybridized carbons (Fsp3) is 0. The second kappa shape index (κ2) is 4.67. The van der Waals surface area contributed by atoms with Crippen molar-refractivity contribution in [3.05, 3.63) is 66.9 Å². The zero-order valence-electron chi connectivity index (χ0n) is 12.6. The van der Waals surface area contributed by atoms with Gasteiger partial charge in [0.25, 0.3) is 0 Å². The van der Waals surface area contributed by atoms with E-state index in [1.54, 1.807) is 0 Å². The van der Waals surface area contributed by atoms with Crippen LogP contribution in [0.25, 0.3) is 50.4 Å². The third-order valence-electron chi connectivity index (χ3n) is 4.69. The third kappa shape index (κ3) is 1.67. The van der Waals surface area contributed by atoms with Crippen molar-refractivity contribution in [2.45, 2.75) is 0 Å². The summed E-state index contributed by atoms with van der Waals surface area (Å²) in [7, 11) is 0. The summed E-state index contributed by atoms with van der Waals surface area (Å²) in [5.74, 6) is 0. The molecule has 0 spiro atoms. The Balaban J connectivity index is 2.04. The average Bonchev–Trinajstić information content (AvgIpc) is 2.94. The molecular weight excluding hydrogens is 377 g/mol. The number of benzene rings is 3. The van der Waals surface area contributed by atoms with Gasteiger partial charge >= 0.3 is 148 Å². The molecule has 6 rings (SSSR count). The van der Waals surface area contributed by atoms with Crippen molar-refractivity contribution in [3.8, 4) is 0 Å². The molecule has 0 aliphatic heterocycles. The van der Waals surface area contributed by atoms with Crippen LogP contribution in [-0.4, -0.2) is 19.5 Å². The molecule has 0 saturated heterocycles. The number of hydrogen-bond acceptors (Lipinski definition) is 2. The summed E-state index contributed by atoms with van der Waals surface area (Å²) >= 11 is 2.19. The molecule has 0 aliphatic carbocycles. The minimum atomic E-state index is 0.299. The molecular formula is C21H11NSSe. The Labute approximate surface area is 147 Å². The first kappa shape index (κ1) is 13.1. The minimum absolute atomic E-state index is 0.299. The van der Waals surface area contributed by atoms with E-state index in [1.807, 2.05) is 17.5 Å². The van der Waals surface area contributed by atoms with Crippen LogP contribution in [0.15, 0.2) is 66.9 Å². The summed E-state index contributed by atoms with van der Waals surface area (Å²) < 4.78 is 5.65. The van der Waals surface area contributed by atoms with Crippen LogP contribution in [-0.2, 0) is 0 Å². The first-order chi connectivity index (χ1) is 11.9. The van der Waals surface area contributed by atoms with Crippen molar-refractivity contribution >= 4 is 76.2 Å². The monoisotopic (exact) mass is 389 g/mol. The van der Waals surface area contributed by atoms with Gasteiger partial charge in [0.15, 0.2) is 0 Å². The first-order valence-corrected chi connectivity index (χ1v) is 10.4. The van der Waals surface area contributed by atoms with Crippen LogP contribution in [0.3, 0.4) is 0 Å². The van der Waals surface area contributed by atoms with Crippen LogP contribution >= 0.6 is 11.3 Å². The van der Waals surface area contributed by atoms with Gasteiger partial charge in [-0.25, -0.2) is 0 Å². The molecule has 6 aromatic rings. The van der Waals surface area contributed by atoms with Gasteiger partial charge in [0, 0.05) is 0 Å². The van der Waals surface area contributed by atoms with E-state index in [-0.39, 0.29) is 0 Å². The molecule has 0 N–H and O–H groups in total. The van der Waals surface area contributed by atoms with E-state index in [0.717, 1.165) is 5.52 Å². The van der Waals surface area contributed by atoms with Crippen LogP contribution in [0.4, 0.5) is 0 Å². The Morgan fingerprint density at radius 3 is 2.50 bits per heavy atom. The van der Waals surface area contributed by atoms with Crippen LogP contribution in [0.5, 0.6) is 0 Å². The van der Waals surface area contributed by atoms with Crippen LogP contribution in [0.2, 0.25) is 0 Å². The maximum atomic E-state index is 4.82. The number of hydrogen-bond donors (Lipinski definition) is 0. The predicted molar refractivity (Wildman–Crippen MR) is 107 cm³/mol. The summed E-state index contributed by atoms with van der Waals surface area (Å²) in [5, 5.41) is 6.71. The van der Waals surface area contributed by atoms with Crippen molar-refractivity contribution in [3.63, 3.8) is 0 Å². The number of nitrogens with zero attached hydrogens (tertiary/aromatic N) is 1. The molecule has 112 valence electrons. The van der Waals surface area contributed by atoms with Gasteiger partial charge in [-0.15, -0.1) is 0 Å². The number of thiophene rings is 1. The Morgan fingerprint density at radius 2 is 1.58 bits per heavy atom. The molecule has 0 aliphatic rings. The van der Waals surface area contributed by atoms with Gasteiger partial charge in [-0.2, -0.15) is 0 Å². The Morgan fingerprint density at radius 1 is 0.750 bits per heavy atom. The van der Waals surface area contributed by atoms with E-state index < -0.39 is 0 Å². The van der Waals surface area contributed by atoms with E-state index in [0.29, 0.717) is 14.5 Å². The van der Waals surface area contributed by atoms with Crippen LogP contribution in [0.1, 0.15) is 0 Å². The molecule has 0 bridgehead atoms. The van der Waals surface area contributed by atoms with Gasteiger partial charge in [-0.05, 0) is 0 Å². The second-order valence-electron chi connectivity index (χ2n) is 6.06. The van der Waals surface area contributed by atoms with E-state index in [4.69, 9.17) is 4.98 Å². The van der Waals surface area contributed by atoms with Gasteiger partial charge in [0.2, 0.25) is 0 Å². The van der Waals surface area contributed by atoms with E-state index >= 15 is 0 Å². The summed E-state index contributed by atoms with van der Waals surface area (Å²) in [6.07, 6.45) is 1.96. The molecule has 1 nitrogen and oxygen atoms in total. The molecule has 3 aromatic carbocycles. The fourth-order valence-electron chi connectivity index (χ4n) is 3.63. The van der Waals surface area contributed by atoms with Gasteiger partial charge < -0.3 is 0 Å². The fourth-order valence-corrected chi connectivity index (χ4v) is 7.31. The molecule has 0 atom stereocenters. The van der Waals surface area contributed by atoms with Crippen molar-refractivity contribution in [1.82, 2.24) is 4.98 Å². The number of pyridine rings is 1. The second-order valence-corrected chi connectivity index (χ2v) is 9.42. The zero-order chi connectivity index (χ0) is 15.7. The summed E-state index contributed by atoms with van der Waals surface area (Å²) in [6, 6.07) is 22.3. The molecule has 0 fully saturated rings. The summed E-state index contributed by atoms with van der Waals surface area (Å²) in [6.45, 7) is 0. The zero-order valence-corrected chi connectivity index (χ0v) is 15.1. The van der Waals surface area contributed by atoms with Gasteiger partial charge in [0.1, 0.15) is 0 Å². The van der Waals surface area contributed by atoms with Crippen molar-refractivity contribution in [2.75, 3.05) is 0 Å². The quantitative estimate of drug-likeness (QED) is 0.292. The molecule has 0 radical (unpaired) electrons. The van der Waals surface area contributed by atoms with Crippen LogP contribution < -0.4 is 0 Å². The van der Waals surface area contributed by atoms with Crippen molar-refractivity contribution < 1.29 is 0 Å². The molecule has 0 amide bonds. The van der Waals surface area contributed by atoms with Crippen LogP contribution in [0, 0.1) is 0 Å². The molecule has 24 heavy (non-hydrogen) atoms. The topological polar surface area (TPSA) is 12.9 Å². The average molecular weight is 388 g/mol. The molecule has 0 unspecified atom stereocenters. The molecule has 3 heteroatoms. The summed E-state index contributed by atoms with van der Waals surface area (Å²) in [5.41, 5.74) is 1.16. The van der Waals surface area contributed by atoms with Crippen molar-refractivity contribution in [1.29, 1.82) is 0 Å². The Hall–Kier alpha value is -2.19. The van der Waals surface area contributed by atoms with Crippen molar-refractivity contribution in [2.24, 2.45) is 0 Å². The normalized spacial score (nSPS) is 12.2. The predicted octanol–water partition coefficient (Wildman–Crippen LogP) is 5.97. The molecule has 0 saturated carbocycles. The van der Waals surface area contributed by atoms with E-state index in [2.05, 4.69) is 60.7 Å². The number of fused-ring (bicyclic) bond motifs is 3. The number of rotatable bonds is 0. The maximum absolute atomic E-state index is 4.82. The van der Waals surface area contributed by atoms with E-state index in [9.17, 15) is 0 Å². The first-order valence-electron chi connectivity index (χ1n) is 7.90. The summed E-state index contributed by atoms with van der Waals surface area (Å²) in [4.78, 5) is 4.82. The van der Waals surface area contributed by atoms with Gasteiger partial charge in [-0.1, -0.05) is 0 Å². The number of aromatic nitrogens is 1. The Kier molecular flexibility index (Phi) is 2.56. The Bertz CT molecular complexity index is 1410. The molecule has 3 aromatic heterocycles. The SMILES string of the molecule is c1ccc2cc3c(cc2c1)[se]c1cccc2sc4ccnc3c4c21. The van der Waals surface area contributed by atoms with Gasteiger partial charge in [0.05, 0.1) is 0 Å².